The second-order valence-electron chi connectivity index (χ2n) is 3.92. The number of amides is 4. The van der Waals surface area contributed by atoms with Crippen molar-refractivity contribution < 1.29 is 19.1 Å². The molecule has 2 saturated heterocycles. The molecular formula is C9H13N3O4. The predicted molar refractivity (Wildman–Crippen MR) is 52.5 cm³/mol. The maximum Gasteiger partial charge on any atom is 0.327 e. The molecule has 2 fully saturated rings. The van der Waals surface area contributed by atoms with Gasteiger partial charge in [0.05, 0.1) is 19.3 Å². The second kappa shape index (κ2) is 4.09. The third kappa shape index (κ3) is 1.99. The average molecular weight is 227 g/mol. The van der Waals surface area contributed by atoms with Gasteiger partial charge >= 0.3 is 6.03 Å². The number of nitrogens with zero attached hydrogens (tertiary/aromatic N) is 2. The highest BCUT2D eigenvalue weighted by atomic mass is 16.5. The molecule has 0 aliphatic carbocycles. The van der Waals surface area contributed by atoms with Crippen molar-refractivity contribution >= 4 is 17.8 Å². The van der Waals surface area contributed by atoms with Gasteiger partial charge in [0.25, 0.3) is 5.91 Å². The summed E-state index contributed by atoms with van der Waals surface area (Å²) in [6.45, 7) is 0.818. The minimum absolute atomic E-state index is 0.0121. The molecule has 4 amide bonds. The smallest absolute Gasteiger partial charge is 0.327 e. The van der Waals surface area contributed by atoms with Gasteiger partial charge in [-0.15, -0.1) is 0 Å². The number of carbonyl (C=O) groups excluding carboxylic acids is 3. The molecule has 0 unspecified atom stereocenters. The first kappa shape index (κ1) is 10.9. The molecule has 88 valence electrons. The van der Waals surface area contributed by atoms with Crippen molar-refractivity contribution in [2.45, 2.75) is 6.04 Å². The minimum atomic E-state index is -0.426. The predicted octanol–water partition coefficient (Wildman–Crippen LogP) is -1.60. The summed E-state index contributed by atoms with van der Waals surface area (Å²) in [5, 5.41) is 2.67. The van der Waals surface area contributed by atoms with E-state index in [0.29, 0.717) is 13.2 Å². The summed E-state index contributed by atoms with van der Waals surface area (Å²) in [6.07, 6.45) is 0. The van der Waals surface area contributed by atoms with Crippen molar-refractivity contribution in [2.75, 3.05) is 33.4 Å². The van der Waals surface area contributed by atoms with Gasteiger partial charge in [-0.2, -0.15) is 0 Å². The molecule has 0 radical (unpaired) electrons. The Bertz CT molecular complexity index is 340. The molecule has 0 aromatic heterocycles. The van der Waals surface area contributed by atoms with Gasteiger partial charge in [-0.25, -0.2) is 4.79 Å². The normalized spacial score (nSPS) is 21.3. The molecule has 0 saturated carbocycles. The third-order valence-electron chi connectivity index (χ3n) is 2.54. The van der Waals surface area contributed by atoms with E-state index in [-0.39, 0.29) is 30.9 Å². The fourth-order valence-corrected chi connectivity index (χ4v) is 1.56. The molecule has 0 aromatic carbocycles. The number of carbonyl (C=O) groups is 3. The highest BCUT2D eigenvalue weighted by Crippen LogP contribution is 2.07. The van der Waals surface area contributed by atoms with E-state index < -0.39 is 6.03 Å². The molecule has 2 rings (SSSR count). The summed E-state index contributed by atoms with van der Waals surface area (Å²) in [7, 11) is 1.53. The zero-order valence-corrected chi connectivity index (χ0v) is 8.93. The number of likely N-dealkylation sites (N-methyl/N-ethyl adjacent to an activating group) is 1. The lowest BCUT2D eigenvalue weighted by atomic mass is 10.2. The molecule has 0 aromatic rings. The first-order chi connectivity index (χ1) is 7.58. The highest BCUT2D eigenvalue weighted by molar-refractivity contribution is 6.04. The fourth-order valence-electron chi connectivity index (χ4n) is 1.56. The number of urea groups is 1. The minimum Gasteiger partial charge on any atom is -0.377 e. The first-order valence-electron chi connectivity index (χ1n) is 5.00. The van der Waals surface area contributed by atoms with Crippen LogP contribution in [0.4, 0.5) is 4.79 Å². The van der Waals surface area contributed by atoms with Crippen LogP contribution in [0.3, 0.4) is 0 Å². The molecule has 7 heteroatoms. The topological polar surface area (TPSA) is 79.0 Å². The Morgan fingerprint density at radius 3 is 2.62 bits per heavy atom. The largest absolute Gasteiger partial charge is 0.377 e. The van der Waals surface area contributed by atoms with E-state index in [9.17, 15) is 14.4 Å². The van der Waals surface area contributed by atoms with E-state index in [4.69, 9.17) is 4.74 Å². The number of rotatable bonds is 3. The van der Waals surface area contributed by atoms with E-state index in [2.05, 4.69) is 5.32 Å². The number of hydrogen-bond acceptors (Lipinski definition) is 4. The standard InChI is InChI=1S/C9H13N3O4/c1-11-3-8(14)12(9(11)15)2-7(13)10-6-4-16-5-6/h6H,2-5H2,1H3,(H,10,13). The lowest BCUT2D eigenvalue weighted by molar-refractivity contribution is -0.132. The van der Waals surface area contributed by atoms with Gasteiger partial charge < -0.3 is 15.0 Å². The quantitative estimate of drug-likeness (QED) is 0.589. The lowest BCUT2D eigenvalue weighted by Crippen LogP contribution is -2.52. The molecule has 1 N–H and O–H groups in total. The van der Waals surface area contributed by atoms with E-state index in [1.54, 1.807) is 0 Å². The van der Waals surface area contributed by atoms with Crippen molar-refractivity contribution in [2.24, 2.45) is 0 Å². The maximum atomic E-state index is 11.5. The highest BCUT2D eigenvalue weighted by Gasteiger charge is 2.35. The van der Waals surface area contributed by atoms with Crippen LogP contribution in [0.1, 0.15) is 0 Å². The Kier molecular flexibility index (Phi) is 2.78. The molecule has 2 aliphatic rings. The van der Waals surface area contributed by atoms with Gasteiger partial charge in [0.15, 0.2) is 0 Å². The zero-order valence-electron chi connectivity index (χ0n) is 8.93. The molecule has 2 aliphatic heterocycles. The Labute approximate surface area is 92.3 Å². The van der Waals surface area contributed by atoms with Crippen molar-refractivity contribution in [1.82, 2.24) is 15.1 Å². The average Bonchev–Trinajstić information content (AvgIpc) is 2.39. The molecule has 0 spiro atoms. The maximum absolute atomic E-state index is 11.5. The van der Waals surface area contributed by atoms with Gasteiger partial charge in [-0.1, -0.05) is 0 Å². The fraction of sp³-hybridized carbons (Fsp3) is 0.667. The van der Waals surface area contributed by atoms with E-state index in [0.717, 1.165) is 4.90 Å². The van der Waals surface area contributed by atoms with Crippen LogP contribution in [0.5, 0.6) is 0 Å². The number of hydrogen-bond donors (Lipinski definition) is 1. The molecule has 0 bridgehead atoms. The summed E-state index contributed by atoms with van der Waals surface area (Å²) in [5.74, 6) is -0.669. The van der Waals surface area contributed by atoms with Crippen LogP contribution in [0.15, 0.2) is 0 Å². The van der Waals surface area contributed by atoms with Crippen LogP contribution >= 0.6 is 0 Å². The van der Waals surface area contributed by atoms with Crippen LogP contribution in [0.25, 0.3) is 0 Å². The van der Waals surface area contributed by atoms with Crippen molar-refractivity contribution in [3.8, 4) is 0 Å². The third-order valence-corrected chi connectivity index (χ3v) is 2.54. The van der Waals surface area contributed by atoms with E-state index in [1.807, 2.05) is 0 Å². The van der Waals surface area contributed by atoms with E-state index in [1.165, 1.54) is 11.9 Å². The monoisotopic (exact) mass is 227 g/mol. The Morgan fingerprint density at radius 2 is 2.19 bits per heavy atom. The van der Waals surface area contributed by atoms with Crippen LogP contribution in [0.2, 0.25) is 0 Å². The second-order valence-corrected chi connectivity index (χ2v) is 3.92. The van der Waals surface area contributed by atoms with Crippen molar-refractivity contribution in [1.29, 1.82) is 0 Å². The molecule has 16 heavy (non-hydrogen) atoms. The molecule has 7 nitrogen and oxygen atoms in total. The van der Waals surface area contributed by atoms with Crippen molar-refractivity contribution in [3.05, 3.63) is 0 Å². The van der Waals surface area contributed by atoms with Crippen LogP contribution in [-0.2, 0) is 14.3 Å². The Hall–Kier alpha value is -1.63. The first-order valence-corrected chi connectivity index (χ1v) is 5.00. The number of ether oxygens (including phenoxy) is 1. The van der Waals surface area contributed by atoms with Crippen LogP contribution in [0, 0.1) is 0 Å². The van der Waals surface area contributed by atoms with Gasteiger partial charge in [0.1, 0.15) is 13.1 Å². The summed E-state index contributed by atoms with van der Waals surface area (Å²) in [4.78, 5) is 36.5. The summed E-state index contributed by atoms with van der Waals surface area (Å²) >= 11 is 0. The number of nitrogens with one attached hydrogen (secondary N) is 1. The Balaban J connectivity index is 1.86. The summed E-state index contributed by atoms with van der Waals surface area (Å²) in [6, 6.07) is -0.414. The zero-order chi connectivity index (χ0) is 11.7. The SMILES string of the molecule is CN1CC(=O)N(CC(=O)NC2COC2)C1=O. The molecule has 2 heterocycles. The van der Waals surface area contributed by atoms with Crippen LogP contribution < -0.4 is 5.32 Å². The summed E-state index contributed by atoms with van der Waals surface area (Å²) in [5.41, 5.74) is 0. The van der Waals surface area contributed by atoms with E-state index >= 15 is 0 Å². The molecule has 0 atom stereocenters. The molecular weight excluding hydrogens is 214 g/mol. The van der Waals surface area contributed by atoms with Gasteiger partial charge in [-0.05, 0) is 0 Å². The van der Waals surface area contributed by atoms with Gasteiger partial charge in [0.2, 0.25) is 5.91 Å². The van der Waals surface area contributed by atoms with Crippen molar-refractivity contribution in [3.63, 3.8) is 0 Å². The lowest BCUT2D eigenvalue weighted by Gasteiger charge is -2.27. The Morgan fingerprint density at radius 1 is 1.50 bits per heavy atom. The summed E-state index contributed by atoms with van der Waals surface area (Å²) < 4.78 is 4.89. The van der Waals surface area contributed by atoms with Gasteiger partial charge in [0, 0.05) is 7.05 Å². The number of imide groups is 1. The van der Waals surface area contributed by atoms with Gasteiger partial charge in [-0.3, -0.25) is 14.5 Å². The van der Waals surface area contributed by atoms with Crippen LogP contribution in [-0.4, -0.2) is 67.0 Å².